The van der Waals surface area contributed by atoms with E-state index in [2.05, 4.69) is 5.16 Å². The summed E-state index contributed by atoms with van der Waals surface area (Å²) in [6, 6.07) is 1.80. The maximum absolute atomic E-state index is 12.1. The molecule has 94 valence electrons. The molecule has 0 aromatic carbocycles. The predicted octanol–water partition coefficient (Wildman–Crippen LogP) is 1.59. The number of amides is 1. The highest BCUT2D eigenvalue weighted by molar-refractivity contribution is 7.08. The van der Waals surface area contributed by atoms with E-state index in [-0.39, 0.29) is 17.7 Å². The number of oxime groups is 1. The Bertz CT molecular complexity index is 389. The van der Waals surface area contributed by atoms with Crippen molar-refractivity contribution < 1.29 is 10.0 Å². The molecule has 0 bridgehead atoms. The third kappa shape index (κ3) is 3.45. The maximum atomic E-state index is 12.1. The van der Waals surface area contributed by atoms with Crippen molar-refractivity contribution >= 4 is 23.1 Å². The fourth-order valence-corrected chi connectivity index (χ4v) is 2.08. The molecule has 1 atom stereocenters. The topological polar surface area (TPSA) is 78.9 Å². The second kappa shape index (κ2) is 6.24. The van der Waals surface area contributed by atoms with Crippen LogP contribution in [0.25, 0.3) is 0 Å². The number of amidine groups is 1. The number of nitrogens with two attached hydrogens (primary N) is 1. The number of carbonyl (C=O) groups is 1. The van der Waals surface area contributed by atoms with Crippen molar-refractivity contribution in [2.45, 2.75) is 13.8 Å². The normalized spacial score (nSPS) is 13.4. The minimum atomic E-state index is -0.164. The van der Waals surface area contributed by atoms with E-state index >= 15 is 0 Å². The van der Waals surface area contributed by atoms with E-state index in [0.717, 1.165) is 0 Å². The lowest BCUT2D eigenvalue weighted by molar-refractivity contribution is 0.0754. The summed E-state index contributed by atoms with van der Waals surface area (Å²) in [6.45, 7) is 4.76. The third-order valence-corrected chi connectivity index (χ3v) is 3.23. The molecule has 1 unspecified atom stereocenters. The molecule has 1 aromatic rings. The van der Waals surface area contributed by atoms with Gasteiger partial charge in [0.2, 0.25) is 0 Å². The van der Waals surface area contributed by atoms with E-state index in [4.69, 9.17) is 10.9 Å². The average molecular weight is 255 g/mol. The van der Waals surface area contributed by atoms with Crippen LogP contribution in [0.3, 0.4) is 0 Å². The monoisotopic (exact) mass is 255 g/mol. The lowest BCUT2D eigenvalue weighted by Gasteiger charge is -2.23. The summed E-state index contributed by atoms with van der Waals surface area (Å²) in [5, 5.41) is 15.2. The van der Waals surface area contributed by atoms with E-state index in [9.17, 15) is 4.79 Å². The largest absolute Gasteiger partial charge is 0.409 e. The van der Waals surface area contributed by atoms with Crippen LogP contribution in [0.5, 0.6) is 0 Å². The van der Waals surface area contributed by atoms with Crippen molar-refractivity contribution in [2.24, 2.45) is 16.8 Å². The Morgan fingerprint density at radius 2 is 2.41 bits per heavy atom. The highest BCUT2D eigenvalue weighted by Gasteiger charge is 2.18. The lowest BCUT2D eigenvalue weighted by Crippen LogP contribution is -2.38. The maximum Gasteiger partial charge on any atom is 0.254 e. The van der Waals surface area contributed by atoms with E-state index in [1.54, 1.807) is 11.0 Å². The summed E-state index contributed by atoms with van der Waals surface area (Å²) >= 11 is 1.49. The molecule has 0 fully saturated rings. The van der Waals surface area contributed by atoms with Crippen LogP contribution in [0.4, 0.5) is 0 Å². The minimum absolute atomic E-state index is 0.0219. The molecule has 5 nitrogen and oxygen atoms in total. The van der Waals surface area contributed by atoms with Crippen molar-refractivity contribution in [3.63, 3.8) is 0 Å². The van der Waals surface area contributed by atoms with Crippen LogP contribution < -0.4 is 5.73 Å². The summed E-state index contributed by atoms with van der Waals surface area (Å²) in [4.78, 5) is 13.8. The lowest BCUT2D eigenvalue weighted by atomic mass is 10.1. The number of hydrogen-bond donors (Lipinski definition) is 2. The summed E-state index contributed by atoms with van der Waals surface area (Å²) in [6.07, 6.45) is 0. The number of carbonyl (C=O) groups excluding carboxylic acids is 1. The number of hydrogen-bond acceptors (Lipinski definition) is 4. The molecule has 0 aliphatic rings. The predicted molar refractivity (Wildman–Crippen MR) is 68.5 cm³/mol. The van der Waals surface area contributed by atoms with E-state index < -0.39 is 0 Å². The molecule has 0 saturated heterocycles. The summed E-state index contributed by atoms with van der Waals surface area (Å²) < 4.78 is 0. The molecule has 0 aliphatic heterocycles. The van der Waals surface area contributed by atoms with E-state index in [1.165, 1.54) is 11.3 Å². The molecule has 0 spiro atoms. The van der Waals surface area contributed by atoms with Crippen molar-refractivity contribution in [1.29, 1.82) is 0 Å². The molecule has 1 rings (SSSR count). The van der Waals surface area contributed by atoms with Gasteiger partial charge in [0, 0.05) is 24.4 Å². The average Bonchev–Trinajstić information content (AvgIpc) is 2.87. The Labute approximate surface area is 105 Å². The van der Waals surface area contributed by atoms with Gasteiger partial charge in [-0.1, -0.05) is 12.1 Å². The molecular formula is C11H17N3O2S. The first kappa shape index (κ1) is 13.5. The zero-order valence-corrected chi connectivity index (χ0v) is 10.8. The number of nitrogens with zero attached hydrogens (tertiary/aromatic N) is 2. The standard InChI is InChI=1S/C11H17N3O2S/c1-3-14(6-8(2)10(12)13-16)11(15)9-4-5-17-7-9/h4-5,7-8,16H,3,6H2,1-2H3,(H2,12,13). The van der Waals surface area contributed by atoms with Gasteiger partial charge in [0.25, 0.3) is 5.91 Å². The summed E-state index contributed by atoms with van der Waals surface area (Å²) in [5.41, 5.74) is 6.19. The third-order valence-electron chi connectivity index (χ3n) is 2.55. The zero-order valence-electron chi connectivity index (χ0n) is 9.96. The van der Waals surface area contributed by atoms with Crippen LogP contribution in [0.2, 0.25) is 0 Å². The van der Waals surface area contributed by atoms with Crippen LogP contribution in [0.15, 0.2) is 22.0 Å². The van der Waals surface area contributed by atoms with Gasteiger partial charge in [-0.05, 0) is 18.4 Å². The van der Waals surface area contributed by atoms with Gasteiger partial charge in [0.15, 0.2) is 0 Å². The highest BCUT2D eigenvalue weighted by atomic mass is 32.1. The Balaban J connectivity index is 2.69. The smallest absolute Gasteiger partial charge is 0.254 e. The van der Waals surface area contributed by atoms with Crippen LogP contribution in [0.1, 0.15) is 24.2 Å². The molecular weight excluding hydrogens is 238 g/mol. The Morgan fingerprint density at radius 3 is 2.88 bits per heavy atom. The van der Waals surface area contributed by atoms with E-state index in [0.29, 0.717) is 18.7 Å². The quantitative estimate of drug-likeness (QED) is 0.363. The molecule has 0 radical (unpaired) electrons. The second-order valence-electron chi connectivity index (χ2n) is 3.78. The molecule has 17 heavy (non-hydrogen) atoms. The van der Waals surface area contributed by atoms with Crippen molar-refractivity contribution in [1.82, 2.24) is 4.90 Å². The first-order valence-corrected chi connectivity index (χ1v) is 6.33. The molecule has 0 saturated carbocycles. The van der Waals surface area contributed by atoms with Gasteiger partial charge in [-0.15, -0.1) is 0 Å². The first-order valence-electron chi connectivity index (χ1n) is 5.39. The van der Waals surface area contributed by atoms with Crippen LogP contribution in [-0.2, 0) is 0 Å². The molecule has 1 aromatic heterocycles. The first-order chi connectivity index (χ1) is 8.10. The number of rotatable bonds is 5. The van der Waals surface area contributed by atoms with Crippen LogP contribution in [0, 0.1) is 5.92 Å². The van der Waals surface area contributed by atoms with Gasteiger partial charge in [-0.25, -0.2) is 0 Å². The van der Waals surface area contributed by atoms with Crippen molar-refractivity contribution in [3.8, 4) is 0 Å². The second-order valence-corrected chi connectivity index (χ2v) is 4.56. The summed E-state index contributed by atoms with van der Waals surface area (Å²) in [5.74, 6) is -0.0459. The minimum Gasteiger partial charge on any atom is -0.409 e. The van der Waals surface area contributed by atoms with Gasteiger partial charge in [0.05, 0.1) is 5.56 Å². The molecule has 3 N–H and O–H groups in total. The van der Waals surface area contributed by atoms with Gasteiger partial charge in [-0.2, -0.15) is 11.3 Å². The van der Waals surface area contributed by atoms with Gasteiger partial charge in [-0.3, -0.25) is 4.79 Å². The fourth-order valence-electron chi connectivity index (χ4n) is 1.45. The summed E-state index contributed by atoms with van der Waals surface area (Å²) in [7, 11) is 0. The van der Waals surface area contributed by atoms with Crippen LogP contribution in [-0.4, -0.2) is 34.9 Å². The number of thiophene rings is 1. The van der Waals surface area contributed by atoms with Gasteiger partial charge < -0.3 is 15.8 Å². The van der Waals surface area contributed by atoms with E-state index in [1.807, 2.05) is 24.6 Å². The molecule has 6 heteroatoms. The van der Waals surface area contributed by atoms with Gasteiger partial charge >= 0.3 is 0 Å². The zero-order chi connectivity index (χ0) is 12.8. The molecule has 0 aliphatic carbocycles. The van der Waals surface area contributed by atoms with Crippen molar-refractivity contribution in [3.05, 3.63) is 22.4 Å². The van der Waals surface area contributed by atoms with Crippen molar-refractivity contribution in [2.75, 3.05) is 13.1 Å². The molecule has 1 heterocycles. The highest BCUT2D eigenvalue weighted by Crippen LogP contribution is 2.11. The SMILES string of the molecule is CCN(CC(C)/C(N)=N/O)C(=O)c1ccsc1. The Kier molecular flexibility index (Phi) is 4.96. The van der Waals surface area contributed by atoms with Gasteiger partial charge in [0.1, 0.15) is 5.84 Å². The van der Waals surface area contributed by atoms with Crippen LogP contribution >= 0.6 is 11.3 Å². The Hall–Kier alpha value is -1.56. The fraction of sp³-hybridized carbons (Fsp3) is 0.455. The molecule has 1 amide bonds. The Morgan fingerprint density at radius 1 is 1.71 bits per heavy atom.